The second-order valence-electron chi connectivity index (χ2n) is 7.65. The second kappa shape index (κ2) is 9.21. The molecule has 0 saturated heterocycles. The maximum atomic E-state index is 12.3. The van der Waals surface area contributed by atoms with Gasteiger partial charge in [0.2, 0.25) is 5.91 Å². The van der Waals surface area contributed by atoms with Crippen LogP contribution < -0.4 is 15.4 Å². The predicted molar refractivity (Wildman–Crippen MR) is 101 cm³/mol. The average Bonchev–Trinajstić information content (AvgIpc) is 2.57. The zero-order chi connectivity index (χ0) is 20.0. The molecule has 0 bridgehead atoms. The first-order valence-corrected chi connectivity index (χ1v) is 9.44. The van der Waals surface area contributed by atoms with Gasteiger partial charge < -0.3 is 20.1 Å². The van der Waals surface area contributed by atoms with E-state index < -0.39 is 17.7 Å². The SMILES string of the molecule is CC(NC(=O)OC(C)(C)C)C(=O)NC1CCC(Oc2ncc(Cl)cn2)CC1. The van der Waals surface area contributed by atoms with Crippen molar-refractivity contribution in [1.29, 1.82) is 0 Å². The fourth-order valence-corrected chi connectivity index (χ4v) is 2.81. The van der Waals surface area contributed by atoms with Crippen molar-refractivity contribution in [2.75, 3.05) is 0 Å². The number of hydrogen-bond acceptors (Lipinski definition) is 6. The summed E-state index contributed by atoms with van der Waals surface area (Å²) in [7, 11) is 0. The monoisotopic (exact) mass is 398 g/mol. The second-order valence-corrected chi connectivity index (χ2v) is 8.09. The lowest BCUT2D eigenvalue weighted by atomic mass is 9.93. The third-order valence-corrected chi connectivity index (χ3v) is 4.21. The molecule has 2 amide bonds. The van der Waals surface area contributed by atoms with Gasteiger partial charge in [0.25, 0.3) is 0 Å². The van der Waals surface area contributed by atoms with Crippen LogP contribution in [0.15, 0.2) is 12.4 Å². The van der Waals surface area contributed by atoms with Crippen molar-refractivity contribution in [3.63, 3.8) is 0 Å². The van der Waals surface area contributed by atoms with Crippen molar-refractivity contribution in [2.24, 2.45) is 0 Å². The third-order valence-electron chi connectivity index (χ3n) is 4.02. The van der Waals surface area contributed by atoms with Crippen LogP contribution in [-0.2, 0) is 9.53 Å². The van der Waals surface area contributed by atoms with E-state index in [1.165, 1.54) is 12.4 Å². The minimum Gasteiger partial charge on any atom is -0.460 e. The first-order chi connectivity index (χ1) is 12.6. The summed E-state index contributed by atoms with van der Waals surface area (Å²) >= 11 is 5.76. The van der Waals surface area contributed by atoms with Gasteiger partial charge in [0.1, 0.15) is 17.7 Å². The van der Waals surface area contributed by atoms with Crippen molar-refractivity contribution in [3.8, 4) is 6.01 Å². The van der Waals surface area contributed by atoms with E-state index in [-0.39, 0.29) is 18.1 Å². The number of rotatable bonds is 5. The van der Waals surface area contributed by atoms with E-state index in [0.717, 1.165) is 25.7 Å². The summed E-state index contributed by atoms with van der Waals surface area (Å²) in [6, 6.07) is -0.315. The molecule has 9 heteroatoms. The van der Waals surface area contributed by atoms with E-state index in [1.54, 1.807) is 27.7 Å². The van der Waals surface area contributed by atoms with Gasteiger partial charge in [0.05, 0.1) is 17.4 Å². The summed E-state index contributed by atoms with van der Waals surface area (Å²) in [5.74, 6) is -0.230. The number of aromatic nitrogens is 2. The lowest BCUT2D eigenvalue weighted by molar-refractivity contribution is -0.123. The van der Waals surface area contributed by atoms with Crippen molar-refractivity contribution in [2.45, 2.75) is 77.2 Å². The molecule has 0 radical (unpaired) electrons. The minimum atomic E-state index is -0.670. The quantitative estimate of drug-likeness (QED) is 0.790. The standard InChI is InChI=1S/C18H27ClN4O4/c1-11(22-17(25)27-18(2,3)4)15(24)23-13-5-7-14(8-6-13)26-16-20-9-12(19)10-21-16/h9-11,13-14H,5-8H2,1-4H3,(H,22,25)(H,23,24). The lowest BCUT2D eigenvalue weighted by Crippen LogP contribution is -2.50. The zero-order valence-electron chi connectivity index (χ0n) is 16.1. The Bertz CT molecular complexity index is 640. The first-order valence-electron chi connectivity index (χ1n) is 9.06. The average molecular weight is 399 g/mol. The normalized spacial score (nSPS) is 21.1. The number of hydrogen-bond donors (Lipinski definition) is 2. The Morgan fingerprint density at radius 3 is 2.33 bits per heavy atom. The number of amides is 2. The zero-order valence-corrected chi connectivity index (χ0v) is 16.9. The smallest absolute Gasteiger partial charge is 0.408 e. The van der Waals surface area contributed by atoms with Crippen LogP contribution in [0.4, 0.5) is 4.79 Å². The maximum Gasteiger partial charge on any atom is 0.408 e. The maximum absolute atomic E-state index is 12.3. The molecule has 1 fully saturated rings. The van der Waals surface area contributed by atoms with Crippen LogP contribution in [0.3, 0.4) is 0 Å². The Hall–Kier alpha value is -2.09. The van der Waals surface area contributed by atoms with E-state index in [0.29, 0.717) is 11.0 Å². The van der Waals surface area contributed by atoms with E-state index in [9.17, 15) is 9.59 Å². The third kappa shape index (κ3) is 7.58. The van der Waals surface area contributed by atoms with Gasteiger partial charge in [-0.05, 0) is 53.4 Å². The molecule has 0 spiro atoms. The Kier molecular flexibility index (Phi) is 7.24. The molecule has 1 aliphatic carbocycles. The van der Waals surface area contributed by atoms with Gasteiger partial charge in [-0.15, -0.1) is 0 Å². The molecule has 1 heterocycles. The van der Waals surface area contributed by atoms with Crippen LogP contribution >= 0.6 is 11.6 Å². The first kappa shape index (κ1) is 21.2. The largest absolute Gasteiger partial charge is 0.460 e. The summed E-state index contributed by atoms with van der Waals surface area (Å²) in [6.07, 6.45) is 5.52. The molecule has 1 aliphatic rings. The van der Waals surface area contributed by atoms with Crippen molar-refractivity contribution in [1.82, 2.24) is 20.6 Å². The molecule has 1 unspecified atom stereocenters. The molecule has 27 heavy (non-hydrogen) atoms. The van der Waals surface area contributed by atoms with Gasteiger partial charge in [-0.25, -0.2) is 14.8 Å². The highest BCUT2D eigenvalue weighted by molar-refractivity contribution is 6.30. The minimum absolute atomic E-state index is 0.0108. The molecule has 1 aromatic heterocycles. The number of carbonyl (C=O) groups is 2. The van der Waals surface area contributed by atoms with Crippen LogP contribution in [0.2, 0.25) is 5.02 Å². The van der Waals surface area contributed by atoms with Gasteiger partial charge >= 0.3 is 12.1 Å². The number of alkyl carbamates (subject to hydrolysis) is 1. The van der Waals surface area contributed by atoms with Gasteiger partial charge in [-0.3, -0.25) is 4.79 Å². The molecule has 1 aromatic rings. The predicted octanol–water partition coefficient (Wildman–Crippen LogP) is 2.85. The Morgan fingerprint density at radius 2 is 1.78 bits per heavy atom. The number of halogens is 1. The van der Waals surface area contributed by atoms with E-state index in [1.807, 2.05) is 0 Å². The van der Waals surface area contributed by atoms with Crippen molar-refractivity contribution in [3.05, 3.63) is 17.4 Å². The molecule has 0 aromatic carbocycles. The van der Waals surface area contributed by atoms with Crippen LogP contribution in [0.25, 0.3) is 0 Å². The molecule has 2 rings (SSSR count). The van der Waals surface area contributed by atoms with E-state index in [2.05, 4.69) is 20.6 Å². The van der Waals surface area contributed by atoms with Crippen LogP contribution in [-0.4, -0.2) is 45.8 Å². The molecule has 150 valence electrons. The summed E-state index contributed by atoms with van der Waals surface area (Å²) < 4.78 is 10.9. The summed E-state index contributed by atoms with van der Waals surface area (Å²) in [5, 5.41) is 5.97. The Labute approximate surface area is 164 Å². The summed E-state index contributed by atoms with van der Waals surface area (Å²) in [6.45, 7) is 6.94. The van der Waals surface area contributed by atoms with Crippen LogP contribution in [0.5, 0.6) is 6.01 Å². The highest BCUT2D eigenvalue weighted by Gasteiger charge is 2.27. The molecule has 8 nitrogen and oxygen atoms in total. The molecule has 1 atom stereocenters. The van der Waals surface area contributed by atoms with Gasteiger partial charge in [-0.1, -0.05) is 11.6 Å². The van der Waals surface area contributed by atoms with E-state index >= 15 is 0 Å². The molecule has 2 N–H and O–H groups in total. The van der Waals surface area contributed by atoms with Crippen molar-refractivity contribution >= 4 is 23.6 Å². The highest BCUT2D eigenvalue weighted by atomic mass is 35.5. The van der Waals surface area contributed by atoms with Crippen LogP contribution in [0, 0.1) is 0 Å². The summed E-state index contributed by atoms with van der Waals surface area (Å²) in [4.78, 5) is 32.1. The molecular weight excluding hydrogens is 372 g/mol. The fourth-order valence-electron chi connectivity index (χ4n) is 2.71. The van der Waals surface area contributed by atoms with Crippen LogP contribution in [0.1, 0.15) is 53.4 Å². The summed E-state index contributed by atoms with van der Waals surface area (Å²) in [5.41, 5.74) is -0.605. The molecule has 1 saturated carbocycles. The molecular formula is C18H27ClN4O4. The van der Waals surface area contributed by atoms with Crippen molar-refractivity contribution < 1.29 is 19.1 Å². The number of carbonyl (C=O) groups excluding carboxylic acids is 2. The highest BCUT2D eigenvalue weighted by Crippen LogP contribution is 2.22. The van der Waals surface area contributed by atoms with Gasteiger partial charge in [-0.2, -0.15) is 0 Å². The van der Waals surface area contributed by atoms with Gasteiger partial charge in [0, 0.05) is 6.04 Å². The number of nitrogens with one attached hydrogen (secondary N) is 2. The van der Waals surface area contributed by atoms with E-state index in [4.69, 9.17) is 21.1 Å². The lowest BCUT2D eigenvalue weighted by Gasteiger charge is -2.29. The van der Waals surface area contributed by atoms with Gasteiger partial charge in [0.15, 0.2) is 0 Å². The Balaban J connectivity index is 1.72. The Morgan fingerprint density at radius 1 is 1.19 bits per heavy atom. The number of nitrogens with zero attached hydrogens (tertiary/aromatic N) is 2. The topological polar surface area (TPSA) is 102 Å². The number of ether oxygens (including phenoxy) is 2. The molecule has 0 aliphatic heterocycles. The fraction of sp³-hybridized carbons (Fsp3) is 0.667.